The van der Waals surface area contributed by atoms with Crippen LogP contribution in [0.3, 0.4) is 0 Å². The molecule has 4 nitrogen and oxygen atoms in total. The van der Waals surface area contributed by atoms with Gasteiger partial charge < -0.3 is 14.8 Å². The van der Waals surface area contributed by atoms with Gasteiger partial charge in [-0.15, -0.1) is 0 Å². The molecule has 4 heteroatoms. The molecule has 0 bridgehead atoms. The van der Waals surface area contributed by atoms with Crippen molar-refractivity contribution in [3.63, 3.8) is 0 Å². The molecule has 2 heterocycles. The summed E-state index contributed by atoms with van der Waals surface area (Å²) in [7, 11) is 0. The average molecular weight is 284 g/mol. The number of nitrogens with zero attached hydrogens (tertiary/aromatic N) is 1. The minimum absolute atomic E-state index is 0.412. The maximum atomic E-state index is 6.16. The summed E-state index contributed by atoms with van der Waals surface area (Å²) in [6.45, 7) is 11.7. The fraction of sp³-hybridized carbons (Fsp3) is 1.00. The van der Waals surface area contributed by atoms with Crippen LogP contribution < -0.4 is 5.32 Å². The van der Waals surface area contributed by atoms with Crippen molar-refractivity contribution < 1.29 is 9.47 Å². The first-order valence-corrected chi connectivity index (χ1v) is 8.40. The van der Waals surface area contributed by atoms with Gasteiger partial charge in [0.1, 0.15) is 0 Å². The third-order valence-corrected chi connectivity index (χ3v) is 4.28. The van der Waals surface area contributed by atoms with Crippen LogP contribution in [0.25, 0.3) is 0 Å². The van der Waals surface area contributed by atoms with E-state index in [2.05, 4.69) is 31.0 Å². The van der Waals surface area contributed by atoms with Crippen molar-refractivity contribution in [2.24, 2.45) is 0 Å². The Bertz CT molecular complexity index is 271. The van der Waals surface area contributed by atoms with Gasteiger partial charge in [0.15, 0.2) is 0 Å². The molecule has 2 rings (SSSR count). The first kappa shape index (κ1) is 16.2. The molecular weight excluding hydrogens is 252 g/mol. The van der Waals surface area contributed by atoms with Crippen LogP contribution in [-0.4, -0.2) is 62.0 Å². The summed E-state index contributed by atoms with van der Waals surface area (Å²) in [6, 6.07) is 0.548. The normalized spacial score (nSPS) is 32.1. The molecule has 2 saturated heterocycles. The average Bonchev–Trinajstić information content (AvgIpc) is 2.85. The number of rotatable bonds is 7. The molecule has 0 radical (unpaired) electrons. The first-order valence-electron chi connectivity index (χ1n) is 8.40. The number of ether oxygens (including phenoxy) is 2. The van der Waals surface area contributed by atoms with Crippen LogP contribution in [0.4, 0.5) is 0 Å². The van der Waals surface area contributed by atoms with E-state index < -0.39 is 0 Å². The lowest BCUT2D eigenvalue weighted by Gasteiger charge is -2.33. The van der Waals surface area contributed by atoms with Crippen LogP contribution >= 0.6 is 0 Å². The molecule has 0 spiro atoms. The van der Waals surface area contributed by atoms with Crippen molar-refractivity contribution >= 4 is 0 Å². The zero-order chi connectivity index (χ0) is 14.4. The lowest BCUT2D eigenvalue weighted by Crippen LogP contribution is -2.43. The summed E-state index contributed by atoms with van der Waals surface area (Å²) in [4.78, 5) is 2.53. The largest absolute Gasteiger partial charge is 0.377 e. The Labute approximate surface area is 124 Å². The number of hydrogen-bond donors (Lipinski definition) is 1. The quantitative estimate of drug-likeness (QED) is 0.775. The Morgan fingerprint density at radius 2 is 2.05 bits per heavy atom. The molecule has 0 aliphatic carbocycles. The zero-order valence-electron chi connectivity index (χ0n) is 13.4. The van der Waals surface area contributed by atoms with Gasteiger partial charge in [-0.1, -0.05) is 13.8 Å². The molecular formula is C16H32N2O2. The second kappa shape index (κ2) is 8.32. The first-order chi connectivity index (χ1) is 9.67. The third-order valence-electron chi connectivity index (χ3n) is 4.28. The molecule has 0 aromatic rings. The number of nitrogens with one attached hydrogen (secondary N) is 1. The Morgan fingerprint density at radius 1 is 1.25 bits per heavy atom. The van der Waals surface area contributed by atoms with E-state index in [-0.39, 0.29) is 0 Å². The van der Waals surface area contributed by atoms with E-state index in [9.17, 15) is 0 Å². The van der Waals surface area contributed by atoms with E-state index >= 15 is 0 Å². The standard InChI is InChI=1S/C16H32N2O2/c1-4-19-15-6-5-9-18(11-15)12-16-8-7-14(20-16)10-17-13(2)3/h13-17H,4-12H2,1-3H3. The van der Waals surface area contributed by atoms with Gasteiger partial charge in [-0.3, -0.25) is 4.90 Å². The maximum Gasteiger partial charge on any atom is 0.0707 e. The molecule has 1 N–H and O–H groups in total. The van der Waals surface area contributed by atoms with Gasteiger partial charge in [0.25, 0.3) is 0 Å². The number of piperidine rings is 1. The van der Waals surface area contributed by atoms with E-state index in [0.29, 0.717) is 24.4 Å². The fourth-order valence-electron chi connectivity index (χ4n) is 3.27. The van der Waals surface area contributed by atoms with E-state index in [0.717, 1.165) is 26.2 Å². The maximum absolute atomic E-state index is 6.16. The van der Waals surface area contributed by atoms with Gasteiger partial charge in [-0.25, -0.2) is 0 Å². The van der Waals surface area contributed by atoms with E-state index in [1.54, 1.807) is 0 Å². The summed E-state index contributed by atoms with van der Waals surface area (Å²) in [5, 5.41) is 3.48. The van der Waals surface area contributed by atoms with Crippen LogP contribution in [0.15, 0.2) is 0 Å². The highest BCUT2D eigenvalue weighted by Gasteiger charge is 2.28. The van der Waals surface area contributed by atoms with Crippen molar-refractivity contribution in [1.82, 2.24) is 10.2 Å². The van der Waals surface area contributed by atoms with Crippen molar-refractivity contribution in [2.75, 3.05) is 32.8 Å². The van der Waals surface area contributed by atoms with Crippen molar-refractivity contribution in [1.29, 1.82) is 0 Å². The second-order valence-corrected chi connectivity index (χ2v) is 6.50. The molecule has 0 saturated carbocycles. The van der Waals surface area contributed by atoms with Gasteiger partial charge in [0.05, 0.1) is 18.3 Å². The summed E-state index contributed by atoms with van der Waals surface area (Å²) in [6.07, 6.45) is 6.16. The van der Waals surface area contributed by atoms with E-state index in [1.165, 1.54) is 32.2 Å². The Hall–Kier alpha value is -0.160. The van der Waals surface area contributed by atoms with Gasteiger partial charge in [0.2, 0.25) is 0 Å². The lowest BCUT2D eigenvalue weighted by atomic mass is 10.1. The molecule has 2 fully saturated rings. The number of likely N-dealkylation sites (tertiary alicyclic amines) is 1. The monoisotopic (exact) mass is 284 g/mol. The molecule has 3 unspecified atom stereocenters. The van der Waals surface area contributed by atoms with Crippen molar-refractivity contribution in [2.45, 2.75) is 70.8 Å². The molecule has 0 aromatic heterocycles. The molecule has 0 amide bonds. The van der Waals surface area contributed by atoms with Gasteiger partial charge in [-0.05, 0) is 39.2 Å². The molecule has 2 aliphatic heterocycles. The van der Waals surface area contributed by atoms with Crippen molar-refractivity contribution in [3.8, 4) is 0 Å². The smallest absolute Gasteiger partial charge is 0.0707 e. The fourth-order valence-corrected chi connectivity index (χ4v) is 3.27. The summed E-state index contributed by atoms with van der Waals surface area (Å²) in [5.41, 5.74) is 0. The zero-order valence-corrected chi connectivity index (χ0v) is 13.4. The highest BCUT2D eigenvalue weighted by Crippen LogP contribution is 2.22. The molecule has 3 atom stereocenters. The molecule has 118 valence electrons. The van der Waals surface area contributed by atoms with Crippen molar-refractivity contribution in [3.05, 3.63) is 0 Å². The van der Waals surface area contributed by atoms with Crippen LogP contribution in [0.2, 0.25) is 0 Å². The predicted octanol–water partition coefficient (Wildman–Crippen LogP) is 2.03. The molecule has 0 aromatic carbocycles. The van der Waals surface area contributed by atoms with E-state index in [4.69, 9.17) is 9.47 Å². The lowest BCUT2D eigenvalue weighted by molar-refractivity contribution is -0.0215. The highest BCUT2D eigenvalue weighted by molar-refractivity contribution is 4.81. The Morgan fingerprint density at radius 3 is 2.80 bits per heavy atom. The molecule has 20 heavy (non-hydrogen) atoms. The van der Waals surface area contributed by atoms with Crippen LogP contribution in [0.5, 0.6) is 0 Å². The Balaban J connectivity index is 1.66. The summed E-state index contributed by atoms with van der Waals surface area (Å²) < 4.78 is 11.9. The minimum atomic E-state index is 0.412. The molecule has 2 aliphatic rings. The third kappa shape index (κ3) is 5.32. The van der Waals surface area contributed by atoms with Gasteiger partial charge in [0, 0.05) is 32.3 Å². The van der Waals surface area contributed by atoms with Crippen LogP contribution in [-0.2, 0) is 9.47 Å². The SMILES string of the molecule is CCOC1CCCN(CC2CCC(CNC(C)C)O2)C1. The Kier molecular flexibility index (Phi) is 6.75. The van der Waals surface area contributed by atoms with Gasteiger partial charge >= 0.3 is 0 Å². The van der Waals surface area contributed by atoms with Crippen LogP contribution in [0.1, 0.15) is 46.5 Å². The number of hydrogen-bond acceptors (Lipinski definition) is 4. The van der Waals surface area contributed by atoms with Gasteiger partial charge in [-0.2, -0.15) is 0 Å². The summed E-state index contributed by atoms with van der Waals surface area (Å²) >= 11 is 0. The highest BCUT2D eigenvalue weighted by atomic mass is 16.5. The summed E-state index contributed by atoms with van der Waals surface area (Å²) in [5.74, 6) is 0. The van der Waals surface area contributed by atoms with Crippen LogP contribution in [0, 0.1) is 0 Å². The minimum Gasteiger partial charge on any atom is -0.377 e. The second-order valence-electron chi connectivity index (χ2n) is 6.50. The van der Waals surface area contributed by atoms with E-state index in [1.807, 2.05) is 0 Å². The topological polar surface area (TPSA) is 33.7 Å². The predicted molar refractivity (Wildman–Crippen MR) is 82.1 cm³/mol.